The number of hydrogen-bond donors (Lipinski definition) is 1. The quantitative estimate of drug-likeness (QED) is 0.889. The number of aryl methyl sites for hydroxylation is 1. The summed E-state index contributed by atoms with van der Waals surface area (Å²) in [4.78, 5) is 4.14. The number of aromatic nitrogens is 1. The van der Waals surface area contributed by atoms with Crippen LogP contribution in [-0.2, 0) is 19.4 Å². The SMILES string of the molecule is c1cncc(CNC2CCc3ccccc3C2)c1. The number of fused-ring (bicyclic) bond motifs is 1. The van der Waals surface area contributed by atoms with Crippen LogP contribution in [0.3, 0.4) is 0 Å². The first kappa shape index (κ1) is 11.4. The summed E-state index contributed by atoms with van der Waals surface area (Å²) in [5, 5.41) is 3.64. The third-order valence-corrected chi connectivity index (χ3v) is 3.66. The summed E-state index contributed by atoms with van der Waals surface area (Å²) in [5.74, 6) is 0. The Kier molecular flexibility index (Phi) is 3.37. The van der Waals surface area contributed by atoms with Crippen molar-refractivity contribution in [2.45, 2.75) is 31.8 Å². The molecule has 0 saturated heterocycles. The van der Waals surface area contributed by atoms with Crippen molar-refractivity contribution in [3.8, 4) is 0 Å². The van der Waals surface area contributed by atoms with Crippen LogP contribution in [0.5, 0.6) is 0 Å². The Morgan fingerprint density at radius 3 is 2.83 bits per heavy atom. The summed E-state index contributed by atoms with van der Waals surface area (Å²) >= 11 is 0. The van der Waals surface area contributed by atoms with E-state index in [-0.39, 0.29) is 0 Å². The van der Waals surface area contributed by atoms with Gasteiger partial charge < -0.3 is 5.32 Å². The molecule has 0 amide bonds. The summed E-state index contributed by atoms with van der Waals surface area (Å²) in [6.07, 6.45) is 7.33. The lowest BCUT2D eigenvalue weighted by Gasteiger charge is -2.25. The van der Waals surface area contributed by atoms with Crippen molar-refractivity contribution in [2.75, 3.05) is 0 Å². The maximum absolute atomic E-state index is 4.14. The Morgan fingerprint density at radius 1 is 1.11 bits per heavy atom. The van der Waals surface area contributed by atoms with Crippen LogP contribution in [-0.4, -0.2) is 11.0 Å². The molecule has 0 radical (unpaired) electrons. The van der Waals surface area contributed by atoms with Gasteiger partial charge in [-0.15, -0.1) is 0 Å². The molecule has 1 aromatic heterocycles. The molecule has 0 spiro atoms. The fraction of sp³-hybridized carbons (Fsp3) is 0.312. The molecule has 0 saturated carbocycles. The van der Waals surface area contributed by atoms with Crippen LogP contribution in [0.1, 0.15) is 23.1 Å². The van der Waals surface area contributed by atoms with Gasteiger partial charge in [0.2, 0.25) is 0 Å². The number of hydrogen-bond acceptors (Lipinski definition) is 2. The topological polar surface area (TPSA) is 24.9 Å². The van der Waals surface area contributed by atoms with Crippen molar-refractivity contribution in [1.29, 1.82) is 0 Å². The van der Waals surface area contributed by atoms with E-state index in [2.05, 4.69) is 40.6 Å². The second kappa shape index (κ2) is 5.32. The van der Waals surface area contributed by atoms with Gasteiger partial charge in [-0.25, -0.2) is 0 Å². The van der Waals surface area contributed by atoms with Gasteiger partial charge in [0.1, 0.15) is 0 Å². The highest BCUT2D eigenvalue weighted by atomic mass is 14.9. The minimum absolute atomic E-state index is 0.597. The molecular formula is C16H18N2. The second-order valence-corrected chi connectivity index (χ2v) is 4.95. The largest absolute Gasteiger partial charge is 0.310 e. The Labute approximate surface area is 108 Å². The lowest BCUT2D eigenvalue weighted by Crippen LogP contribution is -2.34. The standard InChI is InChI=1S/C16H18N2/c1-2-6-15-10-16(8-7-14(15)5-1)18-12-13-4-3-9-17-11-13/h1-6,9,11,16,18H,7-8,10,12H2. The molecule has 0 bridgehead atoms. The molecular weight excluding hydrogens is 220 g/mol. The van der Waals surface area contributed by atoms with Crippen molar-refractivity contribution in [3.63, 3.8) is 0 Å². The van der Waals surface area contributed by atoms with Crippen LogP contribution < -0.4 is 5.32 Å². The van der Waals surface area contributed by atoms with Gasteiger partial charge >= 0.3 is 0 Å². The fourth-order valence-corrected chi connectivity index (χ4v) is 2.64. The molecule has 1 unspecified atom stereocenters. The summed E-state index contributed by atoms with van der Waals surface area (Å²) < 4.78 is 0. The molecule has 92 valence electrons. The molecule has 3 rings (SSSR count). The van der Waals surface area contributed by atoms with E-state index in [9.17, 15) is 0 Å². The first-order chi connectivity index (χ1) is 8.92. The summed E-state index contributed by atoms with van der Waals surface area (Å²) in [6, 6.07) is 13.5. The van der Waals surface area contributed by atoms with Crippen molar-refractivity contribution in [3.05, 3.63) is 65.5 Å². The maximum atomic E-state index is 4.14. The first-order valence-electron chi connectivity index (χ1n) is 6.61. The normalized spacial score (nSPS) is 18.3. The minimum Gasteiger partial charge on any atom is -0.310 e. The zero-order chi connectivity index (χ0) is 12.2. The van der Waals surface area contributed by atoms with Crippen molar-refractivity contribution in [2.24, 2.45) is 0 Å². The van der Waals surface area contributed by atoms with Crippen LogP contribution >= 0.6 is 0 Å². The van der Waals surface area contributed by atoms with Gasteiger partial charge in [-0.3, -0.25) is 4.98 Å². The zero-order valence-electron chi connectivity index (χ0n) is 10.5. The van der Waals surface area contributed by atoms with Gasteiger partial charge in [0.05, 0.1) is 0 Å². The third kappa shape index (κ3) is 2.59. The van der Waals surface area contributed by atoms with Gasteiger partial charge in [0.25, 0.3) is 0 Å². The molecule has 2 nitrogen and oxygen atoms in total. The third-order valence-electron chi connectivity index (χ3n) is 3.66. The molecule has 1 aromatic carbocycles. The van der Waals surface area contributed by atoms with Crippen LogP contribution in [0, 0.1) is 0 Å². The van der Waals surface area contributed by atoms with Gasteiger partial charge in [-0.1, -0.05) is 30.3 Å². The van der Waals surface area contributed by atoms with E-state index in [1.165, 1.54) is 29.5 Å². The van der Waals surface area contributed by atoms with Crippen molar-refractivity contribution < 1.29 is 0 Å². The zero-order valence-corrected chi connectivity index (χ0v) is 10.5. The molecule has 18 heavy (non-hydrogen) atoms. The van der Waals surface area contributed by atoms with E-state index in [4.69, 9.17) is 0 Å². The Bertz CT molecular complexity index is 508. The van der Waals surface area contributed by atoms with Crippen LogP contribution in [0.25, 0.3) is 0 Å². The van der Waals surface area contributed by atoms with Crippen LogP contribution in [0.4, 0.5) is 0 Å². The van der Waals surface area contributed by atoms with Gasteiger partial charge in [0, 0.05) is 25.0 Å². The molecule has 2 heteroatoms. The first-order valence-corrected chi connectivity index (χ1v) is 6.61. The Morgan fingerprint density at radius 2 is 2.00 bits per heavy atom. The highest BCUT2D eigenvalue weighted by Crippen LogP contribution is 2.21. The summed E-state index contributed by atoms with van der Waals surface area (Å²) in [6.45, 7) is 0.917. The molecule has 1 aliphatic carbocycles. The fourth-order valence-electron chi connectivity index (χ4n) is 2.64. The maximum Gasteiger partial charge on any atom is 0.0312 e. The number of rotatable bonds is 3. The molecule has 1 heterocycles. The smallest absolute Gasteiger partial charge is 0.0312 e. The van der Waals surface area contributed by atoms with E-state index in [1.807, 2.05) is 18.5 Å². The highest BCUT2D eigenvalue weighted by Gasteiger charge is 2.17. The number of nitrogens with one attached hydrogen (secondary N) is 1. The lowest BCUT2D eigenvalue weighted by molar-refractivity contribution is 0.457. The Hall–Kier alpha value is -1.67. The van der Waals surface area contributed by atoms with E-state index >= 15 is 0 Å². The van der Waals surface area contributed by atoms with Gasteiger partial charge in [-0.05, 0) is 42.0 Å². The Balaban J connectivity index is 1.60. The molecule has 1 N–H and O–H groups in total. The molecule has 0 fully saturated rings. The molecule has 1 atom stereocenters. The van der Waals surface area contributed by atoms with Gasteiger partial charge in [-0.2, -0.15) is 0 Å². The number of nitrogens with zero attached hydrogens (tertiary/aromatic N) is 1. The van der Waals surface area contributed by atoms with Crippen molar-refractivity contribution in [1.82, 2.24) is 10.3 Å². The van der Waals surface area contributed by atoms with Crippen LogP contribution in [0.2, 0.25) is 0 Å². The van der Waals surface area contributed by atoms with Gasteiger partial charge in [0.15, 0.2) is 0 Å². The predicted octanol–water partition coefficient (Wildman–Crippen LogP) is 2.73. The van der Waals surface area contributed by atoms with E-state index < -0.39 is 0 Å². The summed E-state index contributed by atoms with van der Waals surface area (Å²) in [7, 11) is 0. The molecule has 0 aliphatic heterocycles. The minimum atomic E-state index is 0.597. The molecule has 1 aliphatic rings. The van der Waals surface area contributed by atoms with Crippen molar-refractivity contribution >= 4 is 0 Å². The summed E-state index contributed by atoms with van der Waals surface area (Å²) in [5.41, 5.74) is 4.29. The average Bonchev–Trinajstić information content (AvgIpc) is 2.46. The van der Waals surface area contributed by atoms with E-state index in [0.29, 0.717) is 6.04 Å². The molecule has 2 aromatic rings. The lowest BCUT2D eigenvalue weighted by atomic mass is 9.88. The van der Waals surface area contributed by atoms with Crippen LogP contribution in [0.15, 0.2) is 48.8 Å². The monoisotopic (exact) mass is 238 g/mol. The number of benzene rings is 1. The highest BCUT2D eigenvalue weighted by molar-refractivity contribution is 5.30. The van der Waals surface area contributed by atoms with E-state index in [1.54, 1.807) is 0 Å². The predicted molar refractivity (Wildman–Crippen MR) is 73.3 cm³/mol. The second-order valence-electron chi connectivity index (χ2n) is 4.95. The van der Waals surface area contributed by atoms with E-state index in [0.717, 1.165) is 13.0 Å². The average molecular weight is 238 g/mol. The number of pyridine rings is 1.